The highest BCUT2D eigenvalue weighted by molar-refractivity contribution is 9.10. The van der Waals surface area contributed by atoms with Crippen molar-refractivity contribution in [3.63, 3.8) is 0 Å². The van der Waals surface area contributed by atoms with E-state index in [2.05, 4.69) is 58.5 Å². The monoisotopic (exact) mass is 594 g/mol. The summed E-state index contributed by atoms with van der Waals surface area (Å²) in [7, 11) is 0. The van der Waals surface area contributed by atoms with Crippen molar-refractivity contribution in [3.8, 4) is 17.9 Å². The number of morpholine rings is 1. The van der Waals surface area contributed by atoms with Gasteiger partial charge in [-0.3, -0.25) is 4.90 Å². The van der Waals surface area contributed by atoms with Crippen molar-refractivity contribution in [2.24, 2.45) is 0 Å². The van der Waals surface area contributed by atoms with Gasteiger partial charge in [0.15, 0.2) is 6.61 Å². The van der Waals surface area contributed by atoms with Crippen molar-refractivity contribution < 1.29 is 14.3 Å². The van der Waals surface area contributed by atoms with Gasteiger partial charge in [0, 0.05) is 43.7 Å². The molecule has 9 nitrogen and oxygen atoms in total. The fraction of sp³-hybridized carbons (Fsp3) is 0.407. The third-order valence-corrected chi connectivity index (χ3v) is 8.37. The Bertz CT molecular complexity index is 1430. The van der Waals surface area contributed by atoms with Crippen LogP contribution in [0.25, 0.3) is 10.2 Å². The lowest BCUT2D eigenvalue weighted by Gasteiger charge is -2.35. The van der Waals surface area contributed by atoms with Gasteiger partial charge in [0.2, 0.25) is 0 Å². The predicted octanol–water partition coefficient (Wildman–Crippen LogP) is 3.45. The SMILES string of the molecule is Cc1c(C(=O)OCC#CCN2CCN(c3ccc(Br)cc3C#N)CC2)sc2ncnc(N3CCOCC3)c12. The summed E-state index contributed by atoms with van der Waals surface area (Å²) < 4.78 is 11.8. The zero-order chi connectivity index (χ0) is 26.5. The van der Waals surface area contributed by atoms with Gasteiger partial charge in [-0.2, -0.15) is 5.26 Å². The quantitative estimate of drug-likeness (QED) is 0.325. The van der Waals surface area contributed by atoms with Crippen molar-refractivity contribution in [3.05, 3.63) is 45.0 Å². The lowest BCUT2D eigenvalue weighted by molar-refractivity contribution is 0.0561. The van der Waals surface area contributed by atoms with Gasteiger partial charge < -0.3 is 19.3 Å². The van der Waals surface area contributed by atoms with Crippen LogP contribution in [0.4, 0.5) is 11.5 Å². The molecular weight excluding hydrogens is 568 g/mol. The summed E-state index contributed by atoms with van der Waals surface area (Å²) in [5.74, 6) is 6.56. The molecule has 0 unspecified atom stereocenters. The first-order chi connectivity index (χ1) is 18.5. The second-order valence-corrected chi connectivity index (χ2v) is 10.9. The number of carbonyl (C=O) groups excluding carboxylic acids is 1. The smallest absolute Gasteiger partial charge is 0.349 e. The van der Waals surface area contributed by atoms with Crippen molar-refractivity contribution in [1.29, 1.82) is 5.26 Å². The maximum atomic E-state index is 12.8. The Balaban J connectivity index is 1.13. The highest BCUT2D eigenvalue weighted by atomic mass is 79.9. The van der Waals surface area contributed by atoms with Gasteiger partial charge in [-0.1, -0.05) is 27.8 Å². The Morgan fingerprint density at radius 2 is 1.92 bits per heavy atom. The topological polar surface area (TPSA) is 94.8 Å². The highest BCUT2D eigenvalue weighted by Crippen LogP contribution is 2.35. The molecule has 196 valence electrons. The van der Waals surface area contributed by atoms with Crippen LogP contribution in [-0.2, 0) is 9.47 Å². The van der Waals surface area contributed by atoms with Crippen LogP contribution in [0.2, 0.25) is 0 Å². The van der Waals surface area contributed by atoms with Crippen LogP contribution < -0.4 is 9.80 Å². The number of anilines is 2. The molecule has 2 aliphatic rings. The molecule has 11 heteroatoms. The van der Waals surface area contributed by atoms with Gasteiger partial charge in [-0.25, -0.2) is 14.8 Å². The van der Waals surface area contributed by atoms with E-state index in [9.17, 15) is 10.1 Å². The van der Waals surface area contributed by atoms with Crippen LogP contribution in [0.15, 0.2) is 29.0 Å². The molecule has 0 spiro atoms. The zero-order valence-corrected chi connectivity index (χ0v) is 23.5. The number of hydrogen-bond donors (Lipinski definition) is 0. The Kier molecular flexibility index (Phi) is 8.40. The number of nitriles is 1. The third kappa shape index (κ3) is 5.77. The summed E-state index contributed by atoms with van der Waals surface area (Å²) in [6.07, 6.45) is 1.55. The first-order valence-corrected chi connectivity index (χ1v) is 14.0. The van der Waals surface area contributed by atoms with E-state index in [0.717, 1.165) is 71.0 Å². The van der Waals surface area contributed by atoms with Crippen LogP contribution >= 0.6 is 27.3 Å². The molecule has 0 bridgehead atoms. The number of carbonyl (C=O) groups is 1. The van der Waals surface area contributed by atoms with Crippen LogP contribution in [0.3, 0.4) is 0 Å². The van der Waals surface area contributed by atoms with Gasteiger partial charge in [0.25, 0.3) is 0 Å². The summed E-state index contributed by atoms with van der Waals surface area (Å²) >= 11 is 4.76. The van der Waals surface area contributed by atoms with Crippen LogP contribution in [0.1, 0.15) is 20.8 Å². The number of aryl methyl sites for hydroxylation is 1. The summed E-state index contributed by atoms with van der Waals surface area (Å²) in [4.78, 5) is 29.7. The van der Waals surface area contributed by atoms with E-state index in [4.69, 9.17) is 9.47 Å². The third-order valence-electron chi connectivity index (χ3n) is 6.70. The average Bonchev–Trinajstić information content (AvgIpc) is 3.30. The van der Waals surface area contributed by atoms with Gasteiger partial charge in [-0.05, 0) is 30.7 Å². The molecule has 0 saturated carbocycles. The van der Waals surface area contributed by atoms with Crippen LogP contribution in [-0.4, -0.2) is 86.5 Å². The van der Waals surface area contributed by atoms with Crippen molar-refractivity contribution in [1.82, 2.24) is 14.9 Å². The van der Waals surface area contributed by atoms with E-state index in [0.29, 0.717) is 30.2 Å². The van der Waals surface area contributed by atoms with E-state index in [-0.39, 0.29) is 12.6 Å². The molecular formula is C27H27BrN6O3S. The number of hydrogen-bond acceptors (Lipinski definition) is 10. The molecule has 0 amide bonds. The number of thiophene rings is 1. The molecule has 2 fully saturated rings. The van der Waals surface area contributed by atoms with E-state index in [1.807, 2.05) is 25.1 Å². The molecule has 3 aromatic rings. The fourth-order valence-electron chi connectivity index (χ4n) is 4.67. The first-order valence-electron chi connectivity index (χ1n) is 12.4. The van der Waals surface area contributed by atoms with Crippen LogP contribution in [0, 0.1) is 30.1 Å². The lowest BCUT2D eigenvalue weighted by Crippen LogP contribution is -2.46. The predicted molar refractivity (Wildman–Crippen MR) is 151 cm³/mol. The number of piperazine rings is 1. The summed E-state index contributed by atoms with van der Waals surface area (Å²) in [6, 6.07) is 8.08. The van der Waals surface area contributed by atoms with Crippen LogP contribution in [0.5, 0.6) is 0 Å². The molecule has 0 aliphatic carbocycles. The minimum Gasteiger partial charge on any atom is -0.448 e. The Morgan fingerprint density at radius 3 is 2.68 bits per heavy atom. The van der Waals surface area contributed by atoms with E-state index >= 15 is 0 Å². The largest absolute Gasteiger partial charge is 0.448 e. The number of halogens is 1. The second kappa shape index (κ2) is 12.1. The summed E-state index contributed by atoms with van der Waals surface area (Å²) in [5, 5.41) is 10.4. The summed E-state index contributed by atoms with van der Waals surface area (Å²) in [5.41, 5.74) is 2.48. The minimum atomic E-state index is -0.385. The maximum absolute atomic E-state index is 12.8. The van der Waals surface area contributed by atoms with Gasteiger partial charge in [0.05, 0.1) is 36.4 Å². The van der Waals surface area contributed by atoms with Gasteiger partial charge in [-0.15, -0.1) is 11.3 Å². The first kappa shape index (κ1) is 26.4. The molecule has 0 N–H and O–H groups in total. The highest BCUT2D eigenvalue weighted by Gasteiger charge is 2.24. The Labute approximate surface area is 234 Å². The molecule has 0 radical (unpaired) electrons. The molecule has 2 saturated heterocycles. The number of esters is 1. The van der Waals surface area contributed by atoms with E-state index < -0.39 is 0 Å². The normalized spacial score (nSPS) is 16.1. The number of benzene rings is 1. The standard InChI is InChI=1S/C27H27BrN6O3S/c1-19-23-25(34-11-14-36-15-12-34)30-18-31-26(23)38-24(19)27(35)37-13-3-2-6-32-7-9-33(10-8-32)22-5-4-21(28)16-20(22)17-29/h4-5,16,18H,6-15H2,1H3. The fourth-order valence-corrected chi connectivity index (χ4v) is 6.07. The number of nitrogens with zero attached hydrogens (tertiary/aromatic N) is 6. The number of ether oxygens (including phenoxy) is 2. The maximum Gasteiger partial charge on any atom is 0.349 e. The average molecular weight is 596 g/mol. The minimum absolute atomic E-state index is 0.0406. The summed E-state index contributed by atoms with van der Waals surface area (Å²) in [6.45, 7) is 8.76. The molecule has 5 rings (SSSR count). The number of rotatable bonds is 5. The Hall–Kier alpha value is -3.22. The second-order valence-electron chi connectivity index (χ2n) is 9.00. The zero-order valence-electron chi connectivity index (χ0n) is 21.1. The number of fused-ring (bicyclic) bond motifs is 1. The van der Waals surface area contributed by atoms with Crippen molar-refractivity contribution >= 4 is 55.0 Å². The molecule has 2 aliphatic heterocycles. The van der Waals surface area contributed by atoms with Gasteiger partial charge >= 0.3 is 5.97 Å². The molecule has 2 aromatic heterocycles. The van der Waals surface area contributed by atoms with E-state index in [1.54, 1.807) is 6.33 Å². The van der Waals surface area contributed by atoms with E-state index in [1.165, 1.54) is 11.3 Å². The molecule has 1 aromatic carbocycles. The van der Waals surface area contributed by atoms with Crippen molar-refractivity contribution in [2.75, 3.05) is 75.4 Å². The molecule has 4 heterocycles. The Morgan fingerprint density at radius 1 is 1.13 bits per heavy atom. The van der Waals surface area contributed by atoms with Gasteiger partial charge in [0.1, 0.15) is 27.9 Å². The number of aromatic nitrogens is 2. The molecule has 0 atom stereocenters. The molecule has 38 heavy (non-hydrogen) atoms. The lowest BCUT2D eigenvalue weighted by atomic mass is 10.1. The van der Waals surface area contributed by atoms with Crippen molar-refractivity contribution in [2.45, 2.75) is 6.92 Å².